The zero-order chi connectivity index (χ0) is 13.2. The fourth-order valence-corrected chi connectivity index (χ4v) is 2.07. The summed E-state index contributed by atoms with van der Waals surface area (Å²) in [6.45, 7) is 0.434. The van der Waals surface area contributed by atoms with E-state index in [9.17, 15) is 0 Å². The number of hydrogen-bond acceptors (Lipinski definition) is 3. The van der Waals surface area contributed by atoms with E-state index in [4.69, 9.17) is 10.5 Å². The Kier molecular flexibility index (Phi) is 3.13. The molecule has 0 amide bonds. The smallest absolute Gasteiger partial charge is 0.139 e. The predicted molar refractivity (Wildman–Crippen MR) is 78.1 cm³/mol. The monoisotopic (exact) mass is 317 g/mol. The molecule has 0 aliphatic rings. The van der Waals surface area contributed by atoms with E-state index in [1.165, 1.54) is 0 Å². The molecule has 0 fully saturated rings. The number of benzene rings is 1. The molecule has 4 nitrogen and oxygen atoms in total. The summed E-state index contributed by atoms with van der Waals surface area (Å²) in [7, 11) is 0. The highest BCUT2D eigenvalue weighted by Gasteiger charge is 2.03. The molecule has 0 bridgehead atoms. The molecule has 19 heavy (non-hydrogen) atoms. The molecular formula is C14H12BrN3O. The van der Waals surface area contributed by atoms with Gasteiger partial charge in [0, 0.05) is 28.6 Å². The summed E-state index contributed by atoms with van der Waals surface area (Å²) in [6.07, 6.45) is 3.83. The van der Waals surface area contributed by atoms with Gasteiger partial charge in [-0.05, 0) is 30.3 Å². The van der Waals surface area contributed by atoms with Crippen LogP contribution in [0.3, 0.4) is 0 Å². The van der Waals surface area contributed by atoms with Gasteiger partial charge in [0.2, 0.25) is 0 Å². The van der Waals surface area contributed by atoms with Gasteiger partial charge in [-0.25, -0.2) is 4.98 Å². The molecule has 2 heterocycles. The minimum absolute atomic E-state index is 0.434. The summed E-state index contributed by atoms with van der Waals surface area (Å²) in [5.41, 5.74) is 8.13. The van der Waals surface area contributed by atoms with Crippen LogP contribution in [0.5, 0.6) is 5.75 Å². The van der Waals surface area contributed by atoms with Crippen LogP contribution in [0.15, 0.2) is 53.3 Å². The van der Waals surface area contributed by atoms with Gasteiger partial charge in [0.15, 0.2) is 0 Å². The van der Waals surface area contributed by atoms with Crippen molar-refractivity contribution in [2.24, 2.45) is 0 Å². The number of rotatable bonds is 3. The quantitative estimate of drug-likeness (QED) is 0.806. The zero-order valence-electron chi connectivity index (χ0n) is 10.1. The molecule has 2 aromatic heterocycles. The van der Waals surface area contributed by atoms with E-state index in [1.54, 1.807) is 0 Å². The van der Waals surface area contributed by atoms with Gasteiger partial charge >= 0.3 is 0 Å². The van der Waals surface area contributed by atoms with Gasteiger partial charge in [-0.1, -0.05) is 15.9 Å². The van der Waals surface area contributed by atoms with E-state index in [-0.39, 0.29) is 0 Å². The molecule has 0 radical (unpaired) electrons. The Hall–Kier alpha value is -2.01. The summed E-state index contributed by atoms with van der Waals surface area (Å²) >= 11 is 3.39. The van der Waals surface area contributed by atoms with Crippen LogP contribution in [-0.2, 0) is 6.61 Å². The van der Waals surface area contributed by atoms with Crippen LogP contribution >= 0.6 is 15.9 Å². The number of aromatic nitrogens is 2. The van der Waals surface area contributed by atoms with Crippen molar-refractivity contribution >= 4 is 27.3 Å². The van der Waals surface area contributed by atoms with Crippen LogP contribution in [0.4, 0.5) is 5.69 Å². The first kappa shape index (κ1) is 12.0. The summed E-state index contributed by atoms with van der Waals surface area (Å²) in [4.78, 5) is 4.45. The number of halogens is 1. The Labute approximate surface area is 119 Å². The fraction of sp³-hybridized carbons (Fsp3) is 0.0714. The van der Waals surface area contributed by atoms with E-state index in [0.717, 1.165) is 21.6 Å². The molecule has 3 aromatic rings. The first-order valence-electron chi connectivity index (χ1n) is 5.82. The lowest BCUT2D eigenvalue weighted by atomic mass is 10.3. The average molecular weight is 318 g/mol. The minimum atomic E-state index is 0.434. The second-order valence-electron chi connectivity index (χ2n) is 4.20. The molecule has 0 atom stereocenters. The SMILES string of the molecule is Nc1ccn2cc(COc3ccc(Br)cc3)nc2c1. The third kappa shape index (κ3) is 2.71. The van der Waals surface area contributed by atoms with Crippen LogP contribution < -0.4 is 10.5 Å². The minimum Gasteiger partial charge on any atom is -0.487 e. The van der Waals surface area contributed by atoms with Crippen molar-refractivity contribution in [2.75, 3.05) is 5.73 Å². The predicted octanol–water partition coefficient (Wildman–Crippen LogP) is 3.26. The van der Waals surface area contributed by atoms with Crippen LogP contribution in [0.25, 0.3) is 5.65 Å². The number of anilines is 1. The molecule has 0 unspecified atom stereocenters. The Morgan fingerprint density at radius 3 is 2.79 bits per heavy atom. The number of nitrogens with zero attached hydrogens (tertiary/aromatic N) is 2. The average Bonchev–Trinajstić information content (AvgIpc) is 2.80. The van der Waals surface area contributed by atoms with Crippen molar-refractivity contribution in [1.29, 1.82) is 0 Å². The van der Waals surface area contributed by atoms with E-state index in [2.05, 4.69) is 20.9 Å². The highest BCUT2D eigenvalue weighted by Crippen LogP contribution is 2.17. The van der Waals surface area contributed by atoms with Crippen molar-refractivity contribution in [3.05, 3.63) is 59.0 Å². The summed E-state index contributed by atoms with van der Waals surface area (Å²) in [5, 5.41) is 0. The lowest BCUT2D eigenvalue weighted by molar-refractivity contribution is 0.302. The topological polar surface area (TPSA) is 52.5 Å². The summed E-state index contributed by atoms with van der Waals surface area (Å²) < 4.78 is 8.64. The molecule has 5 heteroatoms. The second-order valence-corrected chi connectivity index (χ2v) is 5.12. The summed E-state index contributed by atoms with van der Waals surface area (Å²) in [5.74, 6) is 0.819. The van der Waals surface area contributed by atoms with Crippen LogP contribution in [0.1, 0.15) is 5.69 Å². The lowest BCUT2D eigenvalue weighted by Gasteiger charge is -2.03. The molecule has 0 saturated carbocycles. The molecule has 0 spiro atoms. The van der Waals surface area contributed by atoms with Gasteiger partial charge in [0.1, 0.15) is 18.0 Å². The Bertz CT molecular complexity index is 706. The zero-order valence-corrected chi connectivity index (χ0v) is 11.7. The van der Waals surface area contributed by atoms with Crippen molar-refractivity contribution in [1.82, 2.24) is 9.38 Å². The molecule has 0 aliphatic heterocycles. The number of hydrogen-bond donors (Lipinski definition) is 1. The first-order chi connectivity index (χ1) is 9.20. The fourth-order valence-electron chi connectivity index (χ4n) is 1.81. The van der Waals surface area contributed by atoms with Gasteiger partial charge < -0.3 is 14.9 Å². The van der Waals surface area contributed by atoms with E-state index in [1.807, 2.05) is 53.2 Å². The van der Waals surface area contributed by atoms with Crippen molar-refractivity contribution in [2.45, 2.75) is 6.61 Å². The maximum Gasteiger partial charge on any atom is 0.139 e. The highest BCUT2D eigenvalue weighted by atomic mass is 79.9. The summed E-state index contributed by atoms with van der Waals surface area (Å²) in [6, 6.07) is 11.4. The Morgan fingerprint density at radius 2 is 2.00 bits per heavy atom. The third-order valence-corrected chi connectivity index (χ3v) is 3.26. The van der Waals surface area contributed by atoms with E-state index < -0.39 is 0 Å². The van der Waals surface area contributed by atoms with Crippen molar-refractivity contribution < 1.29 is 4.74 Å². The number of nitrogens with two attached hydrogens (primary N) is 1. The highest BCUT2D eigenvalue weighted by molar-refractivity contribution is 9.10. The number of nitrogen functional groups attached to an aromatic ring is 1. The molecule has 3 rings (SSSR count). The van der Waals surface area contributed by atoms with Gasteiger partial charge in [-0.15, -0.1) is 0 Å². The maximum atomic E-state index is 5.72. The van der Waals surface area contributed by atoms with Crippen LogP contribution in [0.2, 0.25) is 0 Å². The number of ether oxygens (including phenoxy) is 1. The van der Waals surface area contributed by atoms with Gasteiger partial charge in [0.05, 0.1) is 5.69 Å². The van der Waals surface area contributed by atoms with Crippen molar-refractivity contribution in [3.8, 4) is 5.75 Å². The van der Waals surface area contributed by atoms with Crippen LogP contribution in [-0.4, -0.2) is 9.38 Å². The molecule has 96 valence electrons. The Morgan fingerprint density at radius 1 is 1.21 bits per heavy atom. The molecule has 2 N–H and O–H groups in total. The number of fused-ring (bicyclic) bond motifs is 1. The molecular weight excluding hydrogens is 306 g/mol. The first-order valence-corrected chi connectivity index (χ1v) is 6.61. The molecule has 1 aromatic carbocycles. The third-order valence-electron chi connectivity index (χ3n) is 2.73. The maximum absolute atomic E-state index is 5.72. The lowest BCUT2D eigenvalue weighted by Crippen LogP contribution is -1.95. The molecule has 0 saturated heterocycles. The van der Waals surface area contributed by atoms with E-state index in [0.29, 0.717) is 12.3 Å². The normalized spacial score (nSPS) is 10.8. The van der Waals surface area contributed by atoms with Gasteiger partial charge in [-0.2, -0.15) is 0 Å². The van der Waals surface area contributed by atoms with Gasteiger partial charge in [-0.3, -0.25) is 0 Å². The largest absolute Gasteiger partial charge is 0.487 e. The Balaban J connectivity index is 1.76. The van der Waals surface area contributed by atoms with Crippen molar-refractivity contribution in [3.63, 3.8) is 0 Å². The number of imidazole rings is 1. The van der Waals surface area contributed by atoms with Gasteiger partial charge in [0.25, 0.3) is 0 Å². The second kappa shape index (κ2) is 4.93. The van der Waals surface area contributed by atoms with Crippen LogP contribution in [0, 0.1) is 0 Å². The molecule has 0 aliphatic carbocycles. The standard InChI is InChI=1S/C14H12BrN3O/c15-10-1-3-13(4-2-10)19-9-12-8-18-6-5-11(16)7-14(18)17-12/h1-8H,9,16H2. The van der Waals surface area contributed by atoms with E-state index >= 15 is 0 Å². The number of pyridine rings is 1.